The first-order valence-corrected chi connectivity index (χ1v) is 21.7. The number of imidazole rings is 1. The number of hydrogen-bond acceptors (Lipinski definition) is 7. The van der Waals surface area contributed by atoms with E-state index in [2.05, 4.69) is 81.3 Å². The number of fused-ring (bicyclic) bond motifs is 2. The molecule has 1 aliphatic carbocycles. The highest BCUT2D eigenvalue weighted by atomic mass is 16.5. The lowest BCUT2D eigenvalue weighted by atomic mass is 9.97. The molecule has 2 aliphatic heterocycles. The first-order valence-electron chi connectivity index (χ1n) is 21.7. The van der Waals surface area contributed by atoms with Crippen molar-refractivity contribution in [2.75, 3.05) is 27.3 Å². The third-order valence-electron chi connectivity index (χ3n) is 12.9. The fourth-order valence-corrected chi connectivity index (χ4v) is 9.61. The molecule has 2 saturated heterocycles. The normalized spacial score (nSPS) is 18.4. The van der Waals surface area contributed by atoms with Gasteiger partial charge in [-0.15, -0.1) is 0 Å². The van der Waals surface area contributed by atoms with Crippen molar-refractivity contribution in [3.8, 4) is 33.6 Å². The van der Waals surface area contributed by atoms with Gasteiger partial charge in [0.2, 0.25) is 11.8 Å². The smallest absolute Gasteiger partial charge is 0.407 e. The maximum atomic E-state index is 13.9. The summed E-state index contributed by atoms with van der Waals surface area (Å²) in [6, 6.07) is 20.1. The summed E-state index contributed by atoms with van der Waals surface area (Å²) in [6.07, 6.45) is 7.14. The van der Waals surface area contributed by atoms with Crippen molar-refractivity contribution in [3.63, 3.8) is 0 Å². The minimum Gasteiger partial charge on any atom is -0.453 e. The van der Waals surface area contributed by atoms with E-state index >= 15 is 0 Å². The van der Waals surface area contributed by atoms with Gasteiger partial charge in [0.05, 0.1) is 38.2 Å². The molecule has 3 aromatic carbocycles. The molecule has 13 nitrogen and oxygen atoms in total. The number of carbonyl (C=O) groups is 4. The van der Waals surface area contributed by atoms with Crippen LogP contribution in [0.1, 0.15) is 94.5 Å². The maximum Gasteiger partial charge on any atom is 0.407 e. The van der Waals surface area contributed by atoms with Crippen LogP contribution in [0, 0.1) is 11.8 Å². The monoisotopic (exact) mass is 827 g/mol. The Morgan fingerprint density at radius 2 is 1.18 bits per heavy atom. The fourth-order valence-electron chi connectivity index (χ4n) is 9.61. The molecule has 4 heterocycles. The molecular weight excluding hydrogens is 771 g/mol. The van der Waals surface area contributed by atoms with E-state index in [1.165, 1.54) is 25.3 Å². The van der Waals surface area contributed by atoms with Crippen LogP contribution < -0.4 is 10.6 Å². The number of ether oxygens (including phenoxy) is 2. The van der Waals surface area contributed by atoms with Crippen LogP contribution >= 0.6 is 0 Å². The molecule has 4 amide bonds. The predicted molar refractivity (Wildman–Crippen MR) is 234 cm³/mol. The van der Waals surface area contributed by atoms with Crippen molar-refractivity contribution < 1.29 is 28.7 Å². The van der Waals surface area contributed by atoms with Gasteiger partial charge in [0.1, 0.15) is 17.9 Å². The number of hydrogen-bond donors (Lipinski definition) is 4. The number of likely N-dealkylation sites (tertiary alicyclic amines) is 2. The van der Waals surface area contributed by atoms with Crippen LogP contribution in [0.2, 0.25) is 0 Å². The second-order valence-corrected chi connectivity index (χ2v) is 17.4. The highest BCUT2D eigenvalue weighted by Gasteiger charge is 2.40. The number of rotatable bonds is 11. The Labute approximate surface area is 357 Å². The van der Waals surface area contributed by atoms with Gasteiger partial charge in [-0.25, -0.2) is 14.6 Å². The van der Waals surface area contributed by atoms with Crippen molar-refractivity contribution in [1.82, 2.24) is 35.4 Å². The third-order valence-corrected chi connectivity index (χ3v) is 12.9. The highest BCUT2D eigenvalue weighted by Crippen LogP contribution is 2.43. The van der Waals surface area contributed by atoms with E-state index in [0.717, 1.165) is 101 Å². The van der Waals surface area contributed by atoms with E-state index in [4.69, 9.17) is 14.5 Å². The van der Waals surface area contributed by atoms with E-state index < -0.39 is 24.3 Å². The molecule has 0 spiro atoms. The highest BCUT2D eigenvalue weighted by molar-refractivity contribution is 5.91. The van der Waals surface area contributed by atoms with Gasteiger partial charge in [0.15, 0.2) is 0 Å². The van der Waals surface area contributed by atoms with Gasteiger partial charge in [0, 0.05) is 30.0 Å². The summed E-state index contributed by atoms with van der Waals surface area (Å²) in [5.41, 5.74) is 10.2. The molecule has 5 aromatic rings. The summed E-state index contributed by atoms with van der Waals surface area (Å²) in [5, 5.41) is 7.72. The summed E-state index contributed by atoms with van der Waals surface area (Å²) in [6.45, 7) is 8.97. The van der Waals surface area contributed by atoms with Gasteiger partial charge in [-0.05, 0) is 108 Å². The predicted octanol–water partition coefficient (Wildman–Crippen LogP) is 8.47. The molecule has 61 heavy (non-hydrogen) atoms. The fraction of sp³-hybridized carbons (Fsp3) is 0.438. The van der Waals surface area contributed by atoms with Crippen LogP contribution in [-0.2, 0) is 31.9 Å². The van der Waals surface area contributed by atoms with Crippen molar-refractivity contribution in [2.45, 2.75) is 96.8 Å². The Morgan fingerprint density at radius 3 is 1.79 bits per heavy atom. The molecule has 8 rings (SSSR count). The minimum atomic E-state index is -0.685. The largest absolute Gasteiger partial charge is 0.453 e. The van der Waals surface area contributed by atoms with Crippen molar-refractivity contribution in [2.24, 2.45) is 11.8 Å². The van der Waals surface area contributed by atoms with Crippen LogP contribution in [0.15, 0.2) is 66.9 Å². The molecule has 320 valence electrons. The first-order chi connectivity index (χ1) is 29.4. The summed E-state index contributed by atoms with van der Waals surface area (Å²) < 4.78 is 9.61. The second kappa shape index (κ2) is 17.5. The molecule has 4 N–H and O–H groups in total. The summed E-state index contributed by atoms with van der Waals surface area (Å²) in [4.78, 5) is 67.5. The van der Waals surface area contributed by atoms with Crippen LogP contribution in [0.4, 0.5) is 9.59 Å². The third kappa shape index (κ3) is 8.22. The number of amides is 4. The first kappa shape index (κ1) is 41.6. The van der Waals surface area contributed by atoms with Crippen LogP contribution in [0.5, 0.6) is 0 Å². The Hall–Kier alpha value is -6.11. The molecular formula is C48H57N7O6. The minimum absolute atomic E-state index is 0.0596. The molecule has 0 bridgehead atoms. The molecule has 2 fully saturated rings. The van der Waals surface area contributed by atoms with Crippen LogP contribution in [0.3, 0.4) is 0 Å². The Bertz CT molecular complexity index is 2430. The van der Waals surface area contributed by atoms with Gasteiger partial charge >= 0.3 is 12.2 Å². The van der Waals surface area contributed by atoms with E-state index in [-0.39, 0.29) is 35.7 Å². The molecule has 0 radical (unpaired) electrons. The van der Waals surface area contributed by atoms with Gasteiger partial charge in [-0.1, -0.05) is 76.2 Å². The summed E-state index contributed by atoms with van der Waals surface area (Å²) >= 11 is 0. The molecule has 2 aromatic heterocycles. The Balaban J connectivity index is 0.980. The zero-order chi connectivity index (χ0) is 42.9. The number of aromatic nitrogens is 3. The average Bonchev–Trinajstić information content (AvgIpc) is 4.12. The van der Waals surface area contributed by atoms with Gasteiger partial charge < -0.3 is 39.9 Å². The average molecular weight is 828 g/mol. The molecule has 13 heteroatoms. The Kier molecular flexibility index (Phi) is 11.9. The lowest BCUT2D eigenvalue weighted by molar-refractivity contribution is -0.136. The topological polar surface area (TPSA) is 162 Å². The number of alkyl carbamates (subject to hydrolysis) is 2. The van der Waals surface area contributed by atoms with Gasteiger partial charge in [-0.2, -0.15) is 0 Å². The quantitative estimate of drug-likeness (QED) is 0.104. The lowest BCUT2D eigenvalue weighted by Gasteiger charge is -2.31. The van der Waals surface area contributed by atoms with Gasteiger partial charge in [0.25, 0.3) is 0 Å². The maximum absolute atomic E-state index is 13.9. The van der Waals surface area contributed by atoms with Crippen molar-refractivity contribution in [3.05, 3.63) is 89.5 Å². The number of nitrogens with zero attached hydrogens (tertiary/aromatic N) is 3. The number of H-pyrrole nitrogens is 2. The van der Waals surface area contributed by atoms with E-state index in [9.17, 15) is 19.2 Å². The molecule has 2 unspecified atom stereocenters. The number of benzene rings is 3. The van der Waals surface area contributed by atoms with E-state index in [0.29, 0.717) is 13.1 Å². The van der Waals surface area contributed by atoms with Crippen molar-refractivity contribution >= 4 is 34.8 Å². The van der Waals surface area contributed by atoms with E-state index in [1.807, 2.05) is 43.7 Å². The molecule has 4 atom stereocenters. The Morgan fingerprint density at radius 1 is 0.656 bits per heavy atom. The summed E-state index contributed by atoms with van der Waals surface area (Å²) in [5.74, 6) is 0.361. The molecule has 3 aliphatic rings. The number of carbonyl (C=O) groups excluding carboxylic acids is 4. The second-order valence-electron chi connectivity index (χ2n) is 17.4. The number of aromatic amines is 2. The summed E-state index contributed by atoms with van der Waals surface area (Å²) in [7, 11) is 2.62. The van der Waals surface area contributed by atoms with Crippen LogP contribution in [0.25, 0.3) is 44.4 Å². The van der Waals surface area contributed by atoms with Gasteiger partial charge in [-0.3, -0.25) is 9.59 Å². The van der Waals surface area contributed by atoms with Crippen molar-refractivity contribution in [1.29, 1.82) is 0 Å². The van der Waals surface area contributed by atoms with Crippen LogP contribution in [-0.4, -0.2) is 88.1 Å². The molecule has 0 saturated carbocycles. The number of methoxy groups -OCH3 is 2. The number of nitrogens with one attached hydrogen (secondary N) is 4. The standard InChI is InChI=1S/C48H57N7O6/c1-27(2)40(52-47(58)60-5)45(56)54-22-8-12-38(54)43-36-11-7-10-35(36)42(51-43)30-16-14-29(15-17-30)31-18-19-33-25-34(21-20-32(33)24-31)37-26-49-44(50-37)39-13-9-23-55(39)46(57)41(28(3)4)53-48(59)61-6/h14-21,24-28,38-41,51H,7-13,22-23H2,1-6H3,(H,49,50)(H,52,58)(H,53,59)/t38?,39-,40?,41-/m0/s1. The SMILES string of the molecule is COC(=O)NC(C(=O)N1CCCC1c1[nH]c(-c2ccc(-c3ccc4cc(-c5cnc([C@@H]6CCCN6C(=O)[C@@H](NC(=O)OC)C(C)C)[nH]5)ccc4c3)cc2)c2c1CCC2)C(C)C. The zero-order valence-electron chi connectivity index (χ0n) is 36.0. The lowest BCUT2D eigenvalue weighted by Crippen LogP contribution is -2.51. The van der Waals surface area contributed by atoms with E-state index in [1.54, 1.807) is 0 Å². The zero-order valence-corrected chi connectivity index (χ0v) is 36.0.